The highest BCUT2D eigenvalue weighted by atomic mass is 16.7. The Kier molecular flexibility index (Phi) is 22.5. The maximum Gasteiger partial charge on any atom is 0.269 e. The van der Waals surface area contributed by atoms with Crippen molar-refractivity contribution in [2.24, 2.45) is 16.3 Å². The molecular weight excluding hydrogens is 757 g/mol. The number of hydrogen-bond acceptors (Lipinski definition) is 9. The first-order valence-electron chi connectivity index (χ1n) is 16.8. The second-order valence-electron chi connectivity index (χ2n) is 10.2. The fourth-order valence-corrected chi connectivity index (χ4v) is 4.01. The van der Waals surface area contributed by atoms with Crippen LogP contribution in [0.2, 0.25) is 0 Å². The van der Waals surface area contributed by atoms with Gasteiger partial charge in [0.05, 0.1) is 23.4 Å². The molecule has 0 bridgehead atoms. The molecule has 0 saturated heterocycles. The molecule has 0 unspecified atom stereocenters. The van der Waals surface area contributed by atoms with Crippen LogP contribution in [0.1, 0.15) is 48.3 Å². The molecule has 2 heterocycles. The number of benzene rings is 2. The minimum atomic E-state index is -0.879. The van der Waals surface area contributed by atoms with Crippen molar-refractivity contribution in [2.45, 2.75) is 26.9 Å². The lowest BCUT2D eigenvalue weighted by Gasteiger charge is -2.10. The Bertz CT molecular complexity index is 2940. The number of aromatic nitrogens is 3. The summed E-state index contributed by atoms with van der Waals surface area (Å²) in [4.78, 5) is 26.1. The van der Waals surface area contributed by atoms with E-state index in [1.165, 1.54) is 5.53 Å². The molecule has 0 saturated carbocycles. The Morgan fingerprint density at radius 1 is 0.833 bits per heavy atom. The number of hydrazine groups is 1. The van der Waals surface area contributed by atoms with Gasteiger partial charge < -0.3 is 25.9 Å². The molecule has 0 fully saturated rings. The number of nitrogen functional groups attached to an aromatic ring is 1. The zero-order valence-corrected chi connectivity index (χ0v) is 32.0. The van der Waals surface area contributed by atoms with Crippen LogP contribution in [0.4, 0.5) is 5.82 Å². The summed E-state index contributed by atoms with van der Waals surface area (Å²) in [7, 11) is 0. The van der Waals surface area contributed by atoms with Gasteiger partial charge >= 0.3 is 0 Å². The number of nitrogens with one attached hydrogen (secondary N) is 2. The number of nitrogens with two attached hydrogens (primary N) is 2. The van der Waals surface area contributed by atoms with Gasteiger partial charge in [-0.3, -0.25) is 15.3 Å². The van der Waals surface area contributed by atoms with Crippen molar-refractivity contribution in [3.05, 3.63) is 93.9 Å². The van der Waals surface area contributed by atoms with Crippen molar-refractivity contribution in [1.82, 2.24) is 25.6 Å². The molecule has 6 N–H and O–H groups in total. The minimum absolute atomic E-state index is 0. The van der Waals surface area contributed by atoms with E-state index in [1.807, 2.05) is 55.5 Å². The number of rotatable bonds is 9. The molecule has 2 aromatic heterocycles. The standard InChI is InChI=1S/C23H23N5O2.C23H4.H3N5O2.9H2/c1-2-30-19-6-3-16(4-7-19)15-28-21(10-12-27-28)23(29)26-14-17-5-8-20-18(13-17)9-11-25-22(20)24;1-3-5-7-9-11-13-15-17-19-21-23-22-20-18-16-14-12-10-8-6-4-2;1-2-3-4-5(6)7;;;;;;;;;/h3-13H,2,14-15H2,1H3,(H2,24,25)(H,26,29);1H,2H3;(H2,1,3)(H,2,4);9*1H. The Morgan fingerprint density at radius 3 is 1.88 bits per heavy atom. The Labute approximate surface area is 361 Å². The maximum atomic E-state index is 12.7. The predicted octanol–water partition coefficient (Wildman–Crippen LogP) is 5.29. The number of nitro groups is 1. The molecular formula is C46H48N10O4. The van der Waals surface area contributed by atoms with Crippen molar-refractivity contribution in [2.75, 3.05) is 12.3 Å². The molecule has 0 spiro atoms. The smallest absolute Gasteiger partial charge is 0.269 e. The second kappa shape index (κ2) is 29.3. The van der Waals surface area contributed by atoms with Gasteiger partial charge in [0, 0.05) is 66.4 Å². The van der Waals surface area contributed by atoms with Crippen LogP contribution in [0.5, 0.6) is 5.75 Å². The van der Waals surface area contributed by atoms with Gasteiger partial charge in [0.1, 0.15) is 17.3 Å². The second-order valence-corrected chi connectivity index (χ2v) is 10.2. The normalized spacial score (nSPS) is 7.95. The van der Waals surface area contributed by atoms with Crippen molar-refractivity contribution < 1.29 is 27.4 Å². The third kappa shape index (κ3) is 19.8. The Balaban J connectivity index is -0.000000144. The molecule has 4 aromatic rings. The van der Waals surface area contributed by atoms with Crippen molar-refractivity contribution >= 4 is 22.5 Å². The minimum Gasteiger partial charge on any atom is -0.494 e. The molecule has 0 radical (unpaired) electrons. The first-order valence-corrected chi connectivity index (χ1v) is 16.8. The van der Waals surface area contributed by atoms with Crippen LogP contribution >= 0.6 is 0 Å². The van der Waals surface area contributed by atoms with Gasteiger partial charge in [-0.1, -0.05) is 30.2 Å². The number of pyridine rings is 1. The first kappa shape index (κ1) is 46.0. The van der Waals surface area contributed by atoms with E-state index in [9.17, 15) is 14.9 Å². The zero-order valence-electron chi connectivity index (χ0n) is 32.0. The molecule has 4 rings (SSSR count). The molecule has 0 aliphatic heterocycles. The van der Waals surface area contributed by atoms with E-state index in [0.29, 0.717) is 31.2 Å². The van der Waals surface area contributed by atoms with E-state index < -0.39 is 5.03 Å². The van der Waals surface area contributed by atoms with Crippen LogP contribution in [0, 0.1) is 141 Å². The number of anilines is 1. The van der Waals surface area contributed by atoms with E-state index in [0.717, 1.165) is 27.6 Å². The number of hydrogen-bond donors (Lipinski definition) is 4. The van der Waals surface area contributed by atoms with E-state index >= 15 is 0 Å². The summed E-state index contributed by atoms with van der Waals surface area (Å²) < 4.78 is 7.16. The molecule has 1 amide bonds. The van der Waals surface area contributed by atoms with Gasteiger partial charge in [-0.2, -0.15) is 5.10 Å². The molecule has 306 valence electrons. The average molecular weight is 805 g/mol. The van der Waals surface area contributed by atoms with Gasteiger partial charge in [0.15, 0.2) is 5.22 Å². The first-order chi connectivity index (χ1) is 29.3. The number of terminal acetylenes is 1. The number of carbonyl (C=O) groups excluding carboxylic acids is 1. The summed E-state index contributed by atoms with van der Waals surface area (Å²) in [5.74, 6) is 57.4. The van der Waals surface area contributed by atoms with Crippen molar-refractivity contribution in [1.29, 1.82) is 0 Å². The van der Waals surface area contributed by atoms with E-state index in [1.54, 1.807) is 30.1 Å². The highest BCUT2D eigenvalue weighted by Gasteiger charge is 2.12. The molecule has 60 heavy (non-hydrogen) atoms. The van der Waals surface area contributed by atoms with Gasteiger partial charge in [-0.05, 0) is 155 Å². The topological polar surface area (TPSA) is 201 Å². The number of amides is 1. The number of ether oxygens (including phenoxy) is 1. The highest BCUT2D eigenvalue weighted by molar-refractivity contribution is 5.93. The van der Waals surface area contributed by atoms with Gasteiger partial charge in [-0.25, -0.2) is 4.98 Å². The molecule has 0 aliphatic rings. The summed E-state index contributed by atoms with van der Waals surface area (Å²) in [6.07, 6.45) is 8.22. The largest absolute Gasteiger partial charge is 0.494 e. The van der Waals surface area contributed by atoms with Crippen molar-refractivity contribution in [3.63, 3.8) is 0 Å². The third-order valence-corrected chi connectivity index (χ3v) is 6.33. The summed E-state index contributed by atoms with van der Waals surface area (Å²) in [6, 6.07) is 17.3. The van der Waals surface area contributed by atoms with Crippen LogP contribution in [0.25, 0.3) is 10.8 Å². The maximum absolute atomic E-state index is 12.7. The van der Waals surface area contributed by atoms with E-state index in [2.05, 4.69) is 156 Å². The predicted molar refractivity (Wildman–Crippen MR) is 247 cm³/mol. The van der Waals surface area contributed by atoms with Crippen LogP contribution in [-0.4, -0.2) is 32.3 Å². The Hall–Kier alpha value is -10.1. The summed E-state index contributed by atoms with van der Waals surface area (Å²) >= 11 is 0. The van der Waals surface area contributed by atoms with Crippen LogP contribution in [-0.2, 0) is 13.1 Å². The lowest BCUT2D eigenvalue weighted by atomic mass is 10.1. The van der Waals surface area contributed by atoms with E-state index in [-0.39, 0.29) is 18.7 Å². The molecule has 2 aromatic carbocycles. The van der Waals surface area contributed by atoms with Gasteiger partial charge in [0.25, 0.3) is 5.91 Å². The summed E-state index contributed by atoms with van der Waals surface area (Å²) in [5, 5.41) is 22.7. The lowest BCUT2D eigenvalue weighted by molar-refractivity contribution is -0.546. The summed E-state index contributed by atoms with van der Waals surface area (Å²) in [6.45, 7) is 5.19. The number of carbonyl (C=O) groups is 1. The Morgan fingerprint density at radius 2 is 1.38 bits per heavy atom. The van der Waals surface area contributed by atoms with Gasteiger partial charge in [-0.15, -0.1) is 6.42 Å². The third-order valence-electron chi connectivity index (χ3n) is 6.33. The quantitative estimate of drug-likeness (QED) is 0.0571. The van der Waals surface area contributed by atoms with Crippen LogP contribution < -0.4 is 27.2 Å². The lowest BCUT2D eigenvalue weighted by Crippen LogP contribution is -2.26. The van der Waals surface area contributed by atoms with E-state index in [4.69, 9.17) is 16.9 Å². The fourth-order valence-electron chi connectivity index (χ4n) is 4.01. The SMILES string of the molecule is C#CC#CC#CC#CC#CC#CC#CC#CC#CC#CC#CC.CCOc1ccc(Cn2nccc2C(=O)NCc2ccc3c(N)nccc3c2)cc1.NN=NN[N+](=O)[O-].[HH].[HH].[HH].[HH].[HH].[HH].[HH].[HH].[HH]. The van der Waals surface area contributed by atoms with Crippen molar-refractivity contribution in [3.8, 4) is 137 Å². The van der Waals surface area contributed by atoms with Gasteiger partial charge in [0.2, 0.25) is 0 Å². The number of fused-ring (bicyclic) bond motifs is 1. The zero-order chi connectivity index (χ0) is 43.5. The summed E-state index contributed by atoms with van der Waals surface area (Å²) in [5.41, 5.74) is 9.79. The molecule has 14 nitrogen and oxygen atoms in total. The monoisotopic (exact) mass is 804 g/mol. The highest BCUT2D eigenvalue weighted by Crippen LogP contribution is 2.20. The molecule has 0 aliphatic carbocycles. The fraction of sp³-hybridized carbons (Fsp3) is 0.109. The average Bonchev–Trinajstić information content (AvgIpc) is 3.72. The molecule has 14 heteroatoms. The van der Waals surface area contributed by atoms with Crippen LogP contribution in [0.3, 0.4) is 0 Å². The van der Waals surface area contributed by atoms with Crippen LogP contribution in [0.15, 0.2) is 77.4 Å². The molecule has 0 atom stereocenters. The number of nitrogens with zero attached hydrogens (tertiary/aromatic N) is 6.